The summed E-state index contributed by atoms with van der Waals surface area (Å²) < 4.78 is 5.31. The first-order chi connectivity index (χ1) is 7.63. The lowest BCUT2D eigenvalue weighted by molar-refractivity contribution is 0.140. The molecule has 90 valence electrons. The summed E-state index contributed by atoms with van der Waals surface area (Å²) in [6, 6.07) is 5.96. The van der Waals surface area contributed by atoms with Gasteiger partial charge >= 0.3 is 0 Å². The Labute approximate surface area is 97.2 Å². The highest BCUT2D eigenvalue weighted by Gasteiger charge is 2.21. The van der Waals surface area contributed by atoms with Gasteiger partial charge in [0.1, 0.15) is 5.75 Å². The summed E-state index contributed by atoms with van der Waals surface area (Å²) in [5, 5.41) is 9.95. The zero-order valence-corrected chi connectivity index (χ0v) is 10.2. The fourth-order valence-corrected chi connectivity index (χ4v) is 1.92. The van der Waals surface area contributed by atoms with Crippen LogP contribution in [0.5, 0.6) is 5.75 Å². The second kappa shape index (κ2) is 5.87. The molecule has 0 aliphatic rings. The first-order valence-corrected chi connectivity index (χ1v) is 5.66. The molecule has 16 heavy (non-hydrogen) atoms. The first kappa shape index (κ1) is 13.0. The van der Waals surface area contributed by atoms with Gasteiger partial charge in [-0.25, -0.2) is 0 Å². The molecule has 0 saturated heterocycles. The van der Waals surface area contributed by atoms with E-state index in [1.165, 1.54) is 0 Å². The summed E-state index contributed by atoms with van der Waals surface area (Å²) in [6.45, 7) is 4.40. The average molecular weight is 223 g/mol. The molecule has 0 radical (unpaired) electrons. The predicted molar refractivity (Wildman–Crippen MR) is 65.8 cm³/mol. The molecule has 1 aromatic carbocycles. The van der Waals surface area contributed by atoms with Crippen molar-refractivity contribution in [2.24, 2.45) is 5.73 Å². The molecule has 0 spiro atoms. The van der Waals surface area contributed by atoms with Gasteiger partial charge in [0, 0.05) is 18.0 Å². The van der Waals surface area contributed by atoms with Crippen LogP contribution < -0.4 is 10.5 Å². The van der Waals surface area contributed by atoms with Gasteiger partial charge in [-0.2, -0.15) is 0 Å². The van der Waals surface area contributed by atoms with Crippen molar-refractivity contribution in [1.82, 2.24) is 0 Å². The summed E-state index contributed by atoms with van der Waals surface area (Å²) >= 11 is 0. The standard InChI is InChI=1S/C13H21NO2/c1-4-12(15)11(8-14)10-7-9(2)5-6-13(10)16-3/h5-7,11-12,15H,4,8,14H2,1-3H3. The molecule has 1 aromatic rings. The minimum Gasteiger partial charge on any atom is -0.496 e. The molecule has 0 fully saturated rings. The number of aliphatic hydroxyl groups excluding tert-OH is 1. The van der Waals surface area contributed by atoms with Crippen molar-refractivity contribution in [3.05, 3.63) is 29.3 Å². The molecule has 3 nitrogen and oxygen atoms in total. The van der Waals surface area contributed by atoms with Crippen molar-refractivity contribution in [2.45, 2.75) is 32.3 Å². The Hall–Kier alpha value is -1.06. The third-order valence-electron chi connectivity index (χ3n) is 2.92. The summed E-state index contributed by atoms with van der Waals surface area (Å²) in [6.07, 6.45) is 0.277. The summed E-state index contributed by atoms with van der Waals surface area (Å²) in [5.74, 6) is 0.744. The SMILES string of the molecule is CCC(O)C(CN)c1cc(C)ccc1OC. The Kier molecular flexibility index (Phi) is 4.77. The summed E-state index contributed by atoms with van der Waals surface area (Å²) in [4.78, 5) is 0. The molecule has 3 N–H and O–H groups in total. The number of aryl methyl sites for hydroxylation is 1. The first-order valence-electron chi connectivity index (χ1n) is 5.66. The van der Waals surface area contributed by atoms with E-state index in [-0.39, 0.29) is 5.92 Å². The fourth-order valence-electron chi connectivity index (χ4n) is 1.92. The number of nitrogens with two attached hydrogens (primary N) is 1. The molecular formula is C13H21NO2. The predicted octanol–water partition coefficient (Wildman–Crippen LogP) is 1.82. The summed E-state index contributed by atoms with van der Waals surface area (Å²) in [5.41, 5.74) is 7.89. The van der Waals surface area contributed by atoms with Crippen molar-refractivity contribution >= 4 is 0 Å². The fraction of sp³-hybridized carbons (Fsp3) is 0.538. The van der Waals surface area contributed by atoms with E-state index >= 15 is 0 Å². The molecule has 3 heteroatoms. The minimum absolute atomic E-state index is 0.0557. The minimum atomic E-state index is -0.416. The van der Waals surface area contributed by atoms with Crippen LogP contribution in [0.25, 0.3) is 0 Å². The molecule has 2 atom stereocenters. The van der Waals surface area contributed by atoms with Gasteiger partial charge in [-0.3, -0.25) is 0 Å². The molecule has 2 unspecified atom stereocenters. The topological polar surface area (TPSA) is 55.5 Å². The Morgan fingerprint density at radius 2 is 2.12 bits per heavy atom. The lowest BCUT2D eigenvalue weighted by Crippen LogP contribution is -2.25. The molecule has 1 rings (SSSR count). The lowest BCUT2D eigenvalue weighted by Gasteiger charge is -2.23. The maximum atomic E-state index is 9.95. The van der Waals surface area contributed by atoms with Gasteiger partial charge in [0.15, 0.2) is 0 Å². The van der Waals surface area contributed by atoms with E-state index in [2.05, 4.69) is 0 Å². The van der Waals surface area contributed by atoms with Crippen molar-refractivity contribution < 1.29 is 9.84 Å². The quantitative estimate of drug-likeness (QED) is 0.800. The Morgan fingerprint density at radius 3 is 2.62 bits per heavy atom. The third kappa shape index (κ3) is 2.74. The number of aliphatic hydroxyl groups is 1. The molecule has 0 aliphatic carbocycles. The average Bonchev–Trinajstić information content (AvgIpc) is 2.30. The Bertz CT molecular complexity index is 339. The zero-order chi connectivity index (χ0) is 12.1. The van der Waals surface area contributed by atoms with Crippen molar-refractivity contribution in [3.8, 4) is 5.75 Å². The van der Waals surface area contributed by atoms with Gasteiger partial charge in [-0.05, 0) is 19.4 Å². The lowest BCUT2D eigenvalue weighted by atomic mass is 9.90. The smallest absolute Gasteiger partial charge is 0.122 e. The molecule has 0 amide bonds. The van der Waals surface area contributed by atoms with Crippen molar-refractivity contribution in [3.63, 3.8) is 0 Å². The largest absolute Gasteiger partial charge is 0.496 e. The number of hydrogen-bond donors (Lipinski definition) is 2. The van der Waals surface area contributed by atoms with E-state index < -0.39 is 6.10 Å². The van der Waals surface area contributed by atoms with Crippen LogP contribution in [-0.4, -0.2) is 24.9 Å². The second-order valence-corrected chi connectivity index (χ2v) is 4.06. The molecule has 0 bridgehead atoms. The molecule has 0 heterocycles. The van der Waals surface area contributed by atoms with Gasteiger partial charge in [-0.1, -0.05) is 24.6 Å². The molecule has 0 saturated carbocycles. The number of rotatable bonds is 5. The van der Waals surface area contributed by atoms with Crippen LogP contribution in [0, 0.1) is 6.92 Å². The van der Waals surface area contributed by atoms with E-state index in [1.54, 1.807) is 7.11 Å². The van der Waals surface area contributed by atoms with E-state index in [4.69, 9.17) is 10.5 Å². The number of hydrogen-bond acceptors (Lipinski definition) is 3. The number of ether oxygens (including phenoxy) is 1. The van der Waals surface area contributed by atoms with E-state index in [1.807, 2.05) is 32.0 Å². The molecular weight excluding hydrogens is 202 g/mol. The Balaban J connectivity index is 3.11. The second-order valence-electron chi connectivity index (χ2n) is 4.06. The van der Waals surface area contributed by atoms with E-state index in [0.717, 1.165) is 16.9 Å². The highest BCUT2D eigenvalue weighted by Crippen LogP contribution is 2.30. The molecule has 0 aliphatic heterocycles. The number of methoxy groups -OCH3 is 1. The number of benzene rings is 1. The Morgan fingerprint density at radius 1 is 1.44 bits per heavy atom. The van der Waals surface area contributed by atoms with Crippen LogP contribution >= 0.6 is 0 Å². The van der Waals surface area contributed by atoms with Gasteiger partial charge < -0.3 is 15.6 Å². The highest BCUT2D eigenvalue weighted by molar-refractivity contribution is 5.40. The maximum Gasteiger partial charge on any atom is 0.122 e. The van der Waals surface area contributed by atoms with Gasteiger partial charge in [0.05, 0.1) is 13.2 Å². The van der Waals surface area contributed by atoms with Crippen LogP contribution in [0.2, 0.25) is 0 Å². The van der Waals surface area contributed by atoms with Crippen LogP contribution in [0.4, 0.5) is 0 Å². The van der Waals surface area contributed by atoms with Gasteiger partial charge in [0.2, 0.25) is 0 Å². The van der Waals surface area contributed by atoms with E-state index in [9.17, 15) is 5.11 Å². The van der Waals surface area contributed by atoms with Crippen molar-refractivity contribution in [1.29, 1.82) is 0 Å². The monoisotopic (exact) mass is 223 g/mol. The van der Waals surface area contributed by atoms with Crippen molar-refractivity contribution in [2.75, 3.05) is 13.7 Å². The van der Waals surface area contributed by atoms with Crippen LogP contribution in [0.1, 0.15) is 30.4 Å². The van der Waals surface area contributed by atoms with E-state index in [0.29, 0.717) is 13.0 Å². The van der Waals surface area contributed by atoms with Crippen LogP contribution in [0.3, 0.4) is 0 Å². The highest BCUT2D eigenvalue weighted by atomic mass is 16.5. The van der Waals surface area contributed by atoms with Crippen LogP contribution in [-0.2, 0) is 0 Å². The van der Waals surface area contributed by atoms with Crippen LogP contribution in [0.15, 0.2) is 18.2 Å². The van der Waals surface area contributed by atoms with Gasteiger partial charge in [0.25, 0.3) is 0 Å². The molecule has 0 aromatic heterocycles. The normalized spacial score (nSPS) is 14.6. The maximum absolute atomic E-state index is 9.95. The van der Waals surface area contributed by atoms with Gasteiger partial charge in [-0.15, -0.1) is 0 Å². The third-order valence-corrected chi connectivity index (χ3v) is 2.92. The summed E-state index contributed by atoms with van der Waals surface area (Å²) in [7, 11) is 1.64. The zero-order valence-electron chi connectivity index (χ0n) is 10.2.